The number of benzene rings is 1. The van der Waals surface area contributed by atoms with E-state index in [4.69, 9.17) is 14.7 Å². The summed E-state index contributed by atoms with van der Waals surface area (Å²) in [5.41, 5.74) is 1.21. The zero-order valence-corrected chi connectivity index (χ0v) is 12.0. The van der Waals surface area contributed by atoms with Crippen molar-refractivity contribution >= 4 is 0 Å². The Morgan fingerprint density at radius 2 is 2.15 bits per heavy atom. The summed E-state index contributed by atoms with van der Waals surface area (Å²) in [5.74, 6) is 1.56. The highest BCUT2D eigenvalue weighted by Crippen LogP contribution is 2.29. The van der Waals surface area contributed by atoms with Gasteiger partial charge in [-0.15, -0.1) is 0 Å². The summed E-state index contributed by atoms with van der Waals surface area (Å²) < 4.78 is 11.3. The van der Waals surface area contributed by atoms with Gasteiger partial charge in [0, 0.05) is 19.0 Å². The normalized spacial score (nSPS) is 13.8. The highest BCUT2D eigenvalue weighted by atomic mass is 16.5. The van der Waals surface area contributed by atoms with Gasteiger partial charge in [-0.1, -0.05) is 6.07 Å². The fourth-order valence-electron chi connectivity index (χ4n) is 1.93. The Morgan fingerprint density at radius 3 is 2.85 bits per heavy atom. The van der Waals surface area contributed by atoms with Crippen molar-refractivity contribution < 1.29 is 9.47 Å². The molecule has 4 heteroatoms. The summed E-state index contributed by atoms with van der Waals surface area (Å²) >= 11 is 0. The lowest BCUT2D eigenvalue weighted by atomic mass is 10.2. The van der Waals surface area contributed by atoms with Crippen molar-refractivity contribution in [2.24, 2.45) is 0 Å². The van der Waals surface area contributed by atoms with Crippen LogP contribution in [0.2, 0.25) is 0 Å². The SMILES string of the molecule is CCOc1cc(CNC2CC2)ccc1OCCCC#N. The molecule has 108 valence electrons. The average molecular weight is 274 g/mol. The first-order valence-electron chi connectivity index (χ1n) is 7.32. The molecule has 0 radical (unpaired) electrons. The van der Waals surface area contributed by atoms with Gasteiger partial charge in [0.1, 0.15) is 0 Å². The second-order valence-corrected chi connectivity index (χ2v) is 4.98. The molecular formula is C16H22N2O2. The largest absolute Gasteiger partial charge is 0.490 e. The van der Waals surface area contributed by atoms with E-state index in [2.05, 4.69) is 17.5 Å². The van der Waals surface area contributed by atoms with Crippen molar-refractivity contribution in [2.45, 2.75) is 45.2 Å². The molecule has 0 aromatic heterocycles. The summed E-state index contributed by atoms with van der Waals surface area (Å²) in [6, 6.07) is 8.88. The van der Waals surface area contributed by atoms with Gasteiger partial charge in [0.2, 0.25) is 0 Å². The Hall–Kier alpha value is -1.73. The summed E-state index contributed by atoms with van der Waals surface area (Å²) in [6.07, 6.45) is 3.84. The quantitative estimate of drug-likeness (QED) is 0.703. The molecule has 0 saturated heterocycles. The molecule has 4 nitrogen and oxygen atoms in total. The Bertz CT molecular complexity index is 464. The van der Waals surface area contributed by atoms with Crippen LogP contribution in [0.5, 0.6) is 11.5 Å². The van der Waals surface area contributed by atoms with Crippen molar-refractivity contribution in [3.8, 4) is 17.6 Å². The maximum atomic E-state index is 8.51. The molecule has 0 amide bonds. The summed E-state index contributed by atoms with van der Waals surface area (Å²) in [5, 5.41) is 12.0. The van der Waals surface area contributed by atoms with Crippen molar-refractivity contribution in [1.82, 2.24) is 5.32 Å². The number of unbranched alkanes of at least 4 members (excludes halogenated alkanes) is 1. The van der Waals surface area contributed by atoms with Crippen LogP contribution in [0.4, 0.5) is 0 Å². The zero-order valence-electron chi connectivity index (χ0n) is 12.0. The molecule has 1 saturated carbocycles. The monoisotopic (exact) mass is 274 g/mol. The van der Waals surface area contributed by atoms with Crippen LogP contribution < -0.4 is 14.8 Å². The zero-order chi connectivity index (χ0) is 14.2. The molecule has 0 bridgehead atoms. The van der Waals surface area contributed by atoms with Crippen LogP contribution in [0.25, 0.3) is 0 Å². The Kier molecular flexibility index (Phi) is 5.69. The number of hydrogen-bond acceptors (Lipinski definition) is 4. The molecular weight excluding hydrogens is 252 g/mol. The molecule has 1 fully saturated rings. The van der Waals surface area contributed by atoms with E-state index in [-0.39, 0.29) is 0 Å². The van der Waals surface area contributed by atoms with Crippen molar-refractivity contribution in [1.29, 1.82) is 5.26 Å². The number of ether oxygens (including phenoxy) is 2. The van der Waals surface area contributed by atoms with Crippen molar-refractivity contribution in [2.75, 3.05) is 13.2 Å². The first-order chi connectivity index (χ1) is 9.83. The van der Waals surface area contributed by atoms with Gasteiger partial charge >= 0.3 is 0 Å². The smallest absolute Gasteiger partial charge is 0.161 e. The minimum absolute atomic E-state index is 0.521. The Labute approximate surface area is 120 Å². The van der Waals surface area contributed by atoms with E-state index in [1.54, 1.807) is 0 Å². The van der Waals surface area contributed by atoms with Gasteiger partial charge in [-0.3, -0.25) is 0 Å². The highest BCUT2D eigenvalue weighted by Gasteiger charge is 2.20. The van der Waals surface area contributed by atoms with Crippen LogP contribution in [0.1, 0.15) is 38.2 Å². The van der Waals surface area contributed by atoms with Gasteiger partial charge in [0.15, 0.2) is 11.5 Å². The van der Waals surface area contributed by atoms with Crippen molar-refractivity contribution in [3.05, 3.63) is 23.8 Å². The predicted molar refractivity (Wildman–Crippen MR) is 77.8 cm³/mol. The van der Waals surface area contributed by atoms with Crippen LogP contribution in [0.3, 0.4) is 0 Å². The Balaban J connectivity index is 1.92. The van der Waals surface area contributed by atoms with Gasteiger partial charge in [0.05, 0.1) is 19.3 Å². The van der Waals surface area contributed by atoms with E-state index >= 15 is 0 Å². The minimum atomic E-state index is 0.521. The van der Waals surface area contributed by atoms with E-state index < -0.39 is 0 Å². The second kappa shape index (κ2) is 7.76. The van der Waals surface area contributed by atoms with Gasteiger partial charge in [-0.25, -0.2) is 0 Å². The lowest BCUT2D eigenvalue weighted by molar-refractivity contribution is 0.274. The van der Waals surface area contributed by atoms with Crippen LogP contribution in [-0.2, 0) is 6.54 Å². The van der Waals surface area contributed by atoms with Crippen molar-refractivity contribution in [3.63, 3.8) is 0 Å². The second-order valence-electron chi connectivity index (χ2n) is 4.98. The van der Waals surface area contributed by atoms with E-state index in [0.29, 0.717) is 25.7 Å². The number of nitriles is 1. The van der Waals surface area contributed by atoms with E-state index in [1.807, 2.05) is 19.1 Å². The summed E-state index contributed by atoms with van der Waals surface area (Å²) in [6.45, 7) is 4.01. The van der Waals surface area contributed by atoms with Gasteiger partial charge < -0.3 is 14.8 Å². The third-order valence-corrected chi connectivity index (χ3v) is 3.17. The lowest BCUT2D eigenvalue weighted by Gasteiger charge is -2.13. The van der Waals surface area contributed by atoms with E-state index in [1.165, 1.54) is 18.4 Å². The van der Waals surface area contributed by atoms with Crippen LogP contribution in [0, 0.1) is 11.3 Å². The highest BCUT2D eigenvalue weighted by molar-refractivity contribution is 5.43. The van der Waals surface area contributed by atoms with Gasteiger partial charge in [0.25, 0.3) is 0 Å². The van der Waals surface area contributed by atoms with Gasteiger partial charge in [-0.2, -0.15) is 5.26 Å². The van der Waals surface area contributed by atoms with E-state index in [9.17, 15) is 0 Å². The standard InChI is InChI=1S/C16H22N2O2/c1-2-19-16-11-13(12-18-14-6-7-14)5-8-15(16)20-10-4-3-9-17/h5,8,11,14,18H,2-4,6-7,10,12H2,1H3. The number of hydrogen-bond donors (Lipinski definition) is 1. The summed E-state index contributed by atoms with van der Waals surface area (Å²) in [4.78, 5) is 0. The average Bonchev–Trinajstić information content (AvgIpc) is 3.27. The first kappa shape index (κ1) is 14.7. The third-order valence-electron chi connectivity index (χ3n) is 3.17. The molecule has 20 heavy (non-hydrogen) atoms. The third kappa shape index (κ3) is 4.75. The fraction of sp³-hybridized carbons (Fsp3) is 0.562. The molecule has 0 atom stereocenters. The Morgan fingerprint density at radius 1 is 1.30 bits per heavy atom. The van der Waals surface area contributed by atoms with E-state index in [0.717, 1.165) is 24.5 Å². The molecule has 1 aliphatic rings. The molecule has 2 rings (SSSR count). The lowest BCUT2D eigenvalue weighted by Crippen LogP contribution is -2.15. The molecule has 1 aromatic rings. The van der Waals surface area contributed by atoms with Gasteiger partial charge in [-0.05, 0) is 43.9 Å². The molecule has 1 aromatic carbocycles. The summed E-state index contributed by atoms with van der Waals surface area (Å²) in [7, 11) is 0. The molecule has 0 heterocycles. The number of nitrogens with one attached hydrogen (secondary N) is 1. The topological polar surface area (TPSA) is 54.3 Å². The minimum Gasteiger partial charge on any atom is -0.490 e. The number of rotatable bonds is 9. The molecule has 0 aliphatic heterocycles. The maximum Gasteiger partial charge on any atom is 0.161 e. The van der Waals surface area contributed by atoms with Crippen LogP contribution in [0.15, 0.2) is 18.2 Å². The fourth-order valence-corrected chi connectivity index (χ4v) is 1.93. The number of nitrogens with zero attached hydrogens (tertiary/aromatic N) is 1. The van der Waals surface area contributed by atoms with Crippen LogP contribution in [-0.4, -0.2) is 19.3 Å². The first-order valence-corrected chi connectivity index (χ1v) is 7.32. The molecule has 0 unspecified atom stereocenters. The van der Waals surface area contributed by atoms with Crippen LogP contribution >= 0.6 is 0 Å². The predicted octanol–water partition coefficient (Wildman–Crippen LogP) is 3.02. The molecule has 1 aliphatic carbocycles. The molecule has 0 spiro atoms. The molecule has 1 N–H and O–H groups in total. The maximum absolute atomic E-state index is 8.51.